The number of rotatable bonds is 6. The molecule has 0 unspecified atom stereocenters. The van der Waals surface area contributed by atoms with Gasteiger partial charge in [-0.2, -0.15) is 0 Å². The van der Waals surface area contributed by atoms with Crippen LogP contribution in [0.1, 0.15) is 34.6 Å². The van der Waals surface area contributed by atoms with Crippen LogP contribution < -0.4 is 0 Å². The number of aromatic nitrogens is 2. The largest absolute Gasteiger partial charge is 0.411 e. The van der Waals surface area contributed by atoms with Crippen molar-refractivity contribution >= 4 is 33.6 Å². The van der Waals surface area contributed by atoms with Gasteiger partial charge in [0.05, 0.1) is 10.8 Å². The first-order valence-corrected chi connectivity index (χ1v) is 9.55. The van der Waals surface area contributed by atoms with Crippen LogP contribution in [0.4, 0.5) is 0 Å². The molecule has 2 rings (SSSR count). The zero-order chi connectivity index (χ0) is 17.9. The van der Waals surface area contributed by atoms with Gasteiger partial charge in [-0.05, 0) is 62.7 Å². The van der Waals surface area contributed by atoms with Gasteiger partial charge in [-0.3, -0.25) is 4.79 Å². The first kappa shape index (κ1) is 19.0. The van der Waals surface area contributed by atoms with E-state index in [4.69, 9.17) is 4.42 Å². The Kier molecular flexibility index (Phi) is 6.46. The first-order chi connectivity index (χ1) is 11.3. The zero-order valence-electron chi connectivity index (χ0n) is 14.5. The minimum Gasteiger partial charge on any atom is -0.411 e. The number of benzene rings is 1. The summed E-state index contributed by atoms with van der Waals surface area (Å²) in [6.07, 6.45) is 0. The lowest BCUT2D eigenvalue weighted by Gasteiger charge is -2.32. The van der Waals surface area contributed by atoms with Gasteiger partial charge in [0.25, 0.3) is 5.22 Å². The molecule has 0 fully saturated rings. The van der Waals surface area contributed by atoms with E-state index < -0.39 is 0 Å². The molecular formula is C17H22BrN3O2S. The summed E-state index contributed by atoms with van der Waals surface area (Å²) < 4.78 is 6.60. The summed E-state index contributed by atoms with van der Waals surface area (Å²) in [4.78, 5) is 14.5. The number of hydrogen-bond donors (Lipinski definition) is 0. The smallest absolute Gasteiger partial charge is 0.277 e. The van der Waals surface area contributed by atoms with E-state index in [1.54, 1.807) is 0 Å². The standard InChI is InChI=1S/C17H22BrN3O2S/c1-10(2)21(11(3)4)16(22)12(5)24-17-20-19-15(23-17)13-8-6-7-9-14(13)18/h6-12H,1-5H3/t12-/m0/s1. The van der Waals surface area contributed by atoms with E-state index in [0.29, 0.717) is 11.1 Å². The Hall–Kier alpha value is -1.34. The van der Waals surface area contributed by atoms with E-state index in [0.717, 1.165) is 10.0 Å². The molecule has 0 saturated heterocycles. The second kappa shape index (κ2) is 8.16. The summed E-state index contributed by atoms with van der Waals surface area (Å²) in [5.74, 6) is 0.514. The van der Waals surface area contributed by atoms with Gasteiger partial charge in [-0.25, -0.2) is 0 Å². The van der Waals surface area contributed by atoms with Gasteiger partial charge >= 0.3 is 0 Å². The Morgan fingerprint density at radius 3 is 2.33 bits per heavy atom. The third-order valence-corrected chi connectivity index (χ3v) is 5.12. The van der Waals surface area contributed by atoms with Crippen molar-refractivity contribution in [1.29, 1.82) is 0 Å². The van der Waals surface area contributed by atoms with Crippen molar-refractivity contribution in [3.05, 3.63) is 28.7 Å². The lowest BCUT2D eigenvalue weighted by atomic mass is 10.2. The maximum absolute atomic E-state index is 12.7. The van der Waals surface area contributed by atoms with E-state index in [1.165, 1.54) is 11.8 Å². The van der Waals surface area contributed by atoms with Crippen LogP contribution in [0.2, 0.25) is 0 Å². The second-order valence-corrected chi connectivity index (χ2v) is 8.19. The minimum absolute atomic E-state index is 0.0747. The van der Waals surface area contributed by atoms with Crippen molar-refractivity contribution in [2.45, 2.75) is 57.2 Å². The van der Waals surface area contributed by atoms with E-state index in [1.807, 2.05) is 63.8 Å². The summed E-state index contributed by atoms with van der Waals surface area (Å²) in [5.41, 5.74) is 0.835. The first-order valence-electron chi connectivity index (χ1n) is 7.88. The second-order valence-electron chi connectivity index (χ2n) is 6.05. The highest BCUT2D eigenvalue weighted by Gasteiger charge is 2.27. The van der Waals surface area contributed by atoms with Crippen molar-refractivity contribution in [2.75, 3.05) is 0 Å². The maximum atomic E-state index is 12.7. The molecule has 0 bridgehead atoms. The SMILES string of the molecule is CC(C)N(C(=O)[C@H](C)Sc1nnc(-c2ccccc2Br)o1)C(C)C. The number of hydrogen-bond acceptors (Lipinski definition) is 5. The molecule has 1 aromatic heterocycles. The van der Waals surface area contributed by atoms with E-state index in [2.05, 4.69) is 26.1 Å². The molecule has 24 heavy (non-hydrogen) atoms. The average Bonchev–Trinajstić information content (AvgIpc) is 2.95. The Labute approximate surface area is 155 Å². The molecule has 1 atom stereocenters. The van der Waals surface area contributed by atoms with Crippen LogP contribution in [-0.2, 0) is 4.79 Å². The molecule has 1 heterocycles. The predicted molar refractivity (Wildman–Crippen MR) is 99.9 cm³/mol. The molecule has 130 valence electrons. The van der Waals surface area contributed by atoms with Crippen molar-refractivity contribution < 1.29 is 9.21 Å². The highest BCUT2D eigenvalue weighted by atomic mass is 79.9. The molecule has 0 aliphatic rings. The van der Waals surface area contributed by atoms with E-state index in [9.17, 15) is 4.79 Å². The molecular weight excluding hydrogens is 390 g/mol. The van der Waals surface area contributed by atoms with Gasteiger partial charge in [-0.1, -0.05) is 23.9 Å². The molecule has 2 aromatic rings. The fourth-order valence-corrected chi connectivity index (χ4v) is 3.71. The summed E-state index contributed by atoms with van der Waals surface area (Å²) in [6.45, 7) is 9.95. The molecule has 0 aliphatic carbocycles. The zero-order valence-corrected chi connectivity index (χ0v) is 16.9. The van der Waals surface area contributed by atoms with Crippen molar-refractivity contribution in [3.8, 4) is 11.5 Å². The van der Waals surface area contributed by atoms with Gasteiger partial charge < -0.3 is 9.32 Å². The molecule has 7 heteroatoms. The van der Waals surface area contributed by atoms with Gasteiger partial charge in [0, 0.05) is 16.6 Å². The topological polar surface area (TPSA) is 59.2 Å². The average molecular weight is 412 g/mol. The van der Waals surface area contributed by atoms with Crippen LogP contribution in [0.5, 0.6) is 0 Å². The lowest BCUT2D eigenvalue weighted by Crippen LogP contribution is -2.45. The third-order valence-electron chi connectivity index (χ3n) is 3.50. The van der Waals surface area contributed by atoms with Crippen LogP contribution in [0, 0.1) is 0 Å². The number of thioether (sulfide) groups is 1. The Morgan fingerprint density at radius 1 is 1.12 bits per heavy atom. The molecule has 1 aromatic carbocycles. The number of carbonyl (C=O) groups excluding carboxylic acids is 1. The van der Waals surface area contributed by atoms with Crippen molar-refractivity contribution in [3.63, 3.8) is 0 Å². The number of halogens is 1. The summed E-state index contributed by atoms with van der Waals surface area (Å²) in [5, 5.41) is 8.25. The van der Waals surface area contributed by atoms with Crippen LogP contribution in [-0.4, -0.2) is 38.3 Å². The van der Waals surface area contributed by atoms with Crippen molar-refractivity contribution in [2.24, 2.45) is 0 Å². The van der Waals surface area contributed by atoms with Crippen LogP contribution in [0.3, 0.4) is 0 Å². The highest BCUT2D eigenvalue weighted by molar-refractivity contribution is 9.10. The minimum atomic E-state index is -0.290. The van der Waals surface area contributed by atoms with Gasteiger partial charge in [-0.15, -0.1) is 10.2 Å². The molecule has 0 spiro atoms. The third kappa shape index (κ3) is 4.39. The molecule has 5 nitrogen and oxygen atoms in total. The Balaban J connectivity index is 2.12. The maximum Gasteiger partial charge on any atom is 0.277 e. The summed E-state index contributed by atoms with van der Waals surface area (Å²) in [6, 6.07) is 7.96. The lowest BCUT2D eigenvalue weighted by molar-refractivity contribution is -0.133. The Bertz CT molecular complexity index is 695. The molecule has 0 radical (unpaired) electrons. The number of carbonyl (C=O) groups is 1. The van der Waals surface area contributed by atoms with Crippen LogP contribution in [0.15, 0.2) is 38.4 Å². The fraction of sp³-hybridized carbons (Fsp3) is 0.471. The molecule has 0 aliphatic heterocycles. The van der Waals surface area contributed by atoms with Gasteiger partial charge in [0.1, 0.15) is 0 Å². The monoisotopic (exact) mass is 411 g/mol. The van der Waals surface area contributed by atoms with E-state index in [-0.39, 0.29) is 23.2 Å². The van der Waals surface area contributed by atoms with Gasteiger partial charge in [0.15, 0.2) is 0 Å². The number of nitrogens with zero attached hydrogens (tertiary/aromatic N) is 3. The van der Waals surface area contributed by atoms with Crippen LogP contribution >= 0.6 is 27.7 Å². The molecule has 0 N–H and O–H groups in total. The predicted octanol–water partition coefficient (Wildman–Crippen LogP) is 4.63. The summed E-state index contributed by atoms with van der Waals surface area (Å²) >= 11 is 4.76. The Morgan fingerprint density at radius 2 is 1.75 bits per heavy atom. The molecule has 0 saturated carbocycles. The fourth-order valence-electron chi connectivity index (χ4n) is 2.52. The van der Waals surface area contributed by atoms with Crippen molar-refractivity contribution in [1.82, 2.24) is 15.1 Å². The molecule has 1 amide bonds. The highest BCUT2D eigenvalue weighted by Crippen LogP contribution is 2.31. The van der Waals surface area contributed by atoms with Crippen LogP contribution in [0.25, 0.3) is 11.5 Å². The van der Waals surface area contributed by atoms with Gasteiger partial charge in [0.2, 0.25) is 11.8 Å². The normalized spacial score (nSPS) is 12.7. The van der Waals surface area contributed by atoms with E-state index >= 15 is 0 Å². The quantitative estimate of drug-likeness (QED) is 0.648. The summed E-state index contributed by atoms with van der Waals surface area (Å²) in [7, 11) is 0. The number of amides is 1.